The molecular formula is C23H28N4O2. The summed E-state index contributed by atoms with van der Waals surface area (Å²) < 4.78 is 7.40. The Bertz CT molecular complexity index is 934. The fourth-order valence-corrected chi connectivity index (χ4v) is 3.90. The number of carbonyl (C=O) groups excluding carboxylic acids is 1. The Hall–Kier alpha value is -2.70. The number of nitrogens with zero attached hydrogens (tertiary/aromatic N) is 4. The van der Waals surface area contributed by atoms with Crippen molar-refractivity contribution in [3.05, 3.63) is 66.5 Å². The van der Waals surface area contributed by atoms with Crippen LogP contribution in [0.3, 0.4) is 0 Å². The van der Waals surface area contributed by atoms with Gasteiger partial charge in [0, 0.05) is 32.2 Å². The second kappa shape index (κ2) is 9.20. The van der Waals surface area contributed by atoms with Crippen molar-refractivity contribution in [3.63, 3.8) is 0 Å². The number of amides is 1. The summed E-state index contributed by atoms with van der Waals surface area (Å²) in [7, 11) is 0. The van der Waals surface area contributed by atoms with Crippen LogP contribution in [0.1, 0.15) is 12.5 Å². The molecule has 1 aromatic heterocycles. The molecule has 0 aliphatic carbocycles. The van der Waals surface area contributed by atoms with Crippen molar-refractivity contribution in [1.29, 1.82) is 0 Å². The van der Waals surface area contributed by atoms with E-state index in [9.17, 15) is 4.79 Å². The van der Waals surface area contributed by atoms with E-state index >= 15 is 0 Å². The number of carbonyl (C=O) groups is 1. The molecule has 2 aromatic carbocycles. The van der Waals surface area contributed by atoms with Gasteiger partial charge in [-0.15, -0.1) is 0 Å². The third-order valence-electron chi connectivity index (χ3n) is 5.51. The van der Waals surface area contributed by atoms with E-state index in [4.69, 9.17) is 4.74 Å². The monoisotopic (exact) mass is 392 g/mol. The quantitative estimate of drug-likeness (QED) is 0.620. The Labute approximate surface area is 171 Å². The highest BCUT2D eigenvalue weighted by atomic mass is 16.5. The number of para-hydroxylation sites is 2. The van der Waals surface area contributed by atoms with E-state index in [-0.39, 0.29) is 11.9 Å². The standard InChI is InChI=1S/C23H28N4O2/c1-19(15-25-11-13-29-14-12-25)27(16-20-7-3-2-4-8-20)23(28)17-26-18-24-21-9-5-6-10-22(21)26/h2-10,18-19H,11-17H2,1H3. The molecule has 0 saturated carbocycles. The van der Waals surface area contributed by atoms with E-state index in [1.807, 2.05) is 51.9 Å². The number of fused-ring (bicyclic) bond motifs is 1. The molecule has 1 aliphatic heterocycles. The van der Waals surface area contributed by atoms with E-state index in [0.717, 1.165) is 49.4 Å². The first-order chi connectivity index (χ1) is 14.2. The first-order valence-electron chi connectivity index (χ1n) is 10.2. The van der Waals surface area contributed by atoms with Gasteiger partial charge in [-0.3, -0.25) is 9.69 Å². The molecule has 3 aromatic rings. The van der Waals surface area contributed by atoms with E-state index in [1.165, 1.54) is 0 Å². The number of benzene rings is 2. The second-order valence-corrected chi connectivity index (χ2v) is 7.63. The maximum Gasteiger partial charge on any atom is 0.243 e. The Morgan fingerprint density at radius 1 is 1.10 bits per heavy atom. The highest BCUT2D eigenvalue weighted by Crippen LogP contribution is 2.15. The molecule has 29 heavy (non-hydrogen) atoms. The van der Waals surface area contributed by atoms with Crippen LogP contribution < -0.4 is 0 Å². The molecule has 6 heteroatoms. The van der Waals surface area contributed by atoms with Gasteiger partial charge >= 0.3 is 0 Å². The number of imidazole rings is 1. The van der Waals surface area contributed by atoms with Crippen LogP contribution in [0, 0.1) is 0 Å². The Morgan fingerprint density at radius 2 is 1.83 bits per heavy atom. The minimum atomic E-state index is 0.107. The van der Waals surface area contributed by atoms with E-state index in [2.05, 4.69) is 28.9 Å². The lowest BCUT2D eigenvalue weighted by molar-refractivity contribution is -0.135. The first kappa shape index (κ1) is 19.6. The molecule has 152 valence electrons. The smallest absolute Gasteiger partial charge is 0.243 e. The molecule has 1 fully saturated rings. The van der Waals surface area contributed by atoms with Crippen molar-refractivity contribution in [3.8, 4) is 0 Å². The lowest BCUT2D eigenvalue weighted by Gasteiger charge is -2.35. The van der Waals surface area contributed by atoms with Crippen molar-refractivity contribution >= 4 is 16.9 Å². The van der Waals surface area contributed by atoms with Gasteiger partial charge in [0.1, 0.15) is 6.54 Å². The van der Waals surface area contributed by atoms with Crippen molar-refractivity contribution in [1.82, 2.24) is 19.4 Å². The molecule has 1 aliphatic rings. The van der Waals surface area contributed by atoms with E-state index in [1.54, 1.807) is 6.33 Å². The summed E-state index contributed by atoms with van der Waals surface area (Å²) in [6.07, 6.45) is 1.76. The summed E-state index contributed by atoms with van der Waals surface area (Å²) >= 11 is 0. The summed E-state index contributed by atoms with van der Waals surface area (Å²) in [4.78, 5) is 22.2. The first-order valence-corrected chi connectivity index (χ1v) is 10.2. The van der Waals surface area contributed by atoms with Gasteiger partial charge in [0.15, 0.2) is 0 Å². The van der Waals surface area contributed by atoms with Crippen LogP contribution in [0.2, 0.25) is 0 Å². The average molecular weight is 393 g/mol. The normalized spacial score (nSPS) is 16.0. The van der Waals surface area contributed by atoms with Gasteiger partial charge in [-0.1, -0.05) is 42.5 Å². The van der Waals surface area contributed by atoms with Crippen LogP contribution in [-0.4, -0.2) is 64.1 Å². The van der Waals surface area contributed by atoms with Gasteiger partial charge in [-0.2, -0.15) is 0 Å². The topological polar surface area (TPSA) is 50.6 Å². The molecule has 0 radical (unpaired) electrons. The van der Waals surface area contributed by atoms with Gasteiger partial charge in [0.05, 0.1) is 30.6 Å². The molecule has 0 spiro atoms. The van der Waals surface area contributed by atoms with Crippen LogP contribution in [-0.2, 0) is 22.6 Å². The molecular weight excluding hydrogens is 364 g/mol. The van der Waals surface area contributed by atoms with Crippen LogP contribution in [0.4, 0.5) is 0 Å². The van der Waals surface area contributed by atoms with Crippen LogP contribution >= 0.6 is 0 Å². The Kier molecular flexibility index (Phi) is 6.22. The molecule has 1 atom stereocenters. The van der Waals surface area contributed by atoms with Gasteiger partial charge < -0.3 is 14.2 Å². The molecule has 4 rings (SSSR count). The maximum atomic E-state index is 13.4. The molecule has 0 bridgehead atoms. The number of aromatic nitrogens is 2. The highest BCUT2D eigenvalue weighted by molar-refractivity contribution is 5.80. The van der Waals surface area contributed by atoms with Crippen LogP contribution in [0.5, 0.6) is 0 Å². The maximum absolute atomic E-state index is 13.4. The van der Waals surface area contributed by atoms with Crippen LogP contribution in [0.25, 0.3) is 11.0 Å². The zero-order chi connectivity index (χ0) is 20.1. The minimum absolute atomic E-state index is 0.107. The minimum Gasteiger partial charge on any atom is -0.379 e. The summed E-state index contributed by atoms with van der Waals surface area (Å²) in [5, 5.41) is 0. The Morgan fingerprint density at radius 3 is 2.62 bits per heavy atom. The Balaban J connectivity index is 1.52. The zero-order valence-electron chi connectivity index (χ0n) is 16.9. The van der Waals surface area contributed by atoms with Gasteiger partial charge in [-0.25, -0.2) is 4.98 Å². The lowest BCUT2D eigenvalue weighted by atomic mass is 10.1. The molecule has 1 unspecified atom stereocenters. The molecule has 0 N–H and O–H groups in total. The van der Waals surface area contributed by atoms with Crippen molar-refractivity contribution in [2.24, 2.45) is 0 Å². The predicted molar refractivity (Wildman–Crippen MR) is 113 cm³/mol. The summed E-state index contributed by atoms with van der Waals surface area (Å²) in [5.41, 5.74) is 3.04. The van der Waals surface area contributed by atoms with Crippen molar-refractivity contribution < 1.29 is 9.53 Å². The third-order valence-corrected chi connectivity index (χ3v) is 5.51. The van der Waals surface area contributed by atoms with E-state index in [0.29, 0.717) is 13.1 Å². The number of hydrogen-bond donors (Lipinski definition) is 0. The fraction of sp³-hybridized carbons (Fsp3) is 0.391. The average Bonchev–Trinajstić information content (AvgIpc) is 3.16. The summed E-state index contributed by atoms with van der Waals surface area (Å²) in [6.45, 7) is 7.27. The zero-order valence-corrected chi connectivity index (χ0v) is 16.9. The van der Waals surface area contributed by atoms with Gasteiger partial charge in [-0.05, 0) is 24.6 Å². The number of hydrogen-bond acceptors (Lipinski definition) is 4. The number of rotatable bonds is 7. The van der Waals surface area contributed by atoms with Gasteiger partial charge in [0.2, 0.25) is 5.91 Å². The molecule has 1 amide bonds. The molecule has 6 nitrogen and oxygen atoms in total. The predicted octanol–water partition coefficient (Wildman–Crippen LogP) is 2.79. The summed E-state index contributed by atoms with van der Waals surface area (Å²) in [6, 6.07) is 18.2. The second-order valence-electron chi connectivity index (χ2n) is 7.63. The largest absolute Gasteiger partial charge is 0.379 e. The van der Waals surface area contributed by atoms with Crippen LogP contribution in [0.15, 0.2) is 60.9 Å². The fourth-order valence-electron chi connectivity index (χ4n) is 3.90. The van der Waals surface area contributed by atoms with Gasteiger partial charge in [0.25, 0.3) is 0 Å². The SMILES string of the molecule is CC(CN1CCOCC1)N(Cc1ccccc1)C(=O)Cn1cnc2ccccc21. The van der Waals surface area contributed by atoms with Crippen molar-refractivity contribution in [2.75, 3.05) is 32.8 Å². The molecule has 2 heterocycles. The molecule has 1 saturated heterocycles. The highest BCUT2D eigenvalue weighted by Gasteiger charge is 2.24. The van der Waals surface area contributed by atoms with E-state index < -0.39 is 0 Å². The lowest BCUT2D eigenvalue weighted by Crippen LogP contribution is -2.48. The van der Waals surface area contributed by atoms with Crippen molar-refractivity contribution in [2.45, 2.75) is 26.1 Å². The number of morpholine rings is 1. The third kappa shape index (κ3) is 4.83. The number of ether oxygens (including phenoxy) is 1. The summed E-state index contributed by atoms with van der Waals surface area (Å²) in [5.74, 6) is 0.109.